The van der Waals surface area contributed by atoms with Crippen LogP contribution in [0, 0.1) is 0 Å². The highest BCUT2D eigenvalue weighted by Gasteiger charge is 1.92. The van der Waals surface area contributed by atoms with Gasteiger partial charge in [0.2, 0.25) is 0 Å². The van der Waals surface area contributed by atoms with Crippen molar-refractivity contribution in [3.05, 3.63) is 0 Å². The Hall–Kier alpha value is 0.600. The first kappa shape index (κ1) is 7.60. The van der Waals surface area contributed by atoms with E-state index in [2.05, 4.69) is 0 Å². The van der Waals surface area contributed by atoms with E-state index in [-0.39, 0.29) is 11.3 Å². The molecule has 0 bridgehead atoms. The fourth-order valence-electron chi connectivity index (χ4n) is 0.211. The molecular formula is C4H8ClOS. The molecule has 43 valence electrons. The minimum Gasteiger partial charge on any atom is -0.236 e. The molecule has 0 aromatic carbocycles. The number of rotatable bonds is 3. The number of halogens is 1. The van der Waals surface area contributed by atoms with Gasteiger partial charge >= 0.3 is 0 Å². The van der Waals surface area contributed by atoms with Crippen LogP contribution in [0.15, 0.2) is 0 Å². The average molecular weight is 140 g/mol. The van der Waals surface area contributed by atoms with Crippen LogP contribution >= 0.6 is 23.4 Å². The Morgan fingerprint density at radius 1 is 1.86 bits per heavy atom. The zero-order chi connectivity index (χ0) is 5.70. The quantitative estimate of drug-likeness (QED) is 0.546. The molecule has 0 aromatic heterocycles. The third-order valence-corrected chi connectivity index (χ3v) is 1.67. The van der Waals surface area contributed by atoms with Gasteiger partial charge in [-0.05, 0) is 6.92 Å². The Morgan fingerprint density at radius 2 is 2.43 bits per heavy atom. The predicted molar refractivity (Wildman–Crippen MR) is 33.3 cm³/mol. The van der Waals surface area contributed by atoms with Crippen molar-refractivity contribution in [3.63, 3.8) is 0 Å². The van der Waals surface area contributed by atoms with Gasteiger partial charge in [-0.15, -0.1) is 23.4 Å². The molecule has 0 saturated carbocycles. The monoisotopic (exact) mass is 139 g/mol. The first-order valence-electron chi connectivity index (χ1n) is 2.11. The van der Waals surface area contributed by atoms with Crippen LogP contribution in [-0.4, -0.2) is 17.1 Å². The Morgan fingerprint density at radius 3 is 2.57 bits per heavy atom. The summed E-state index contributed by atoms with van der Waals surface area (Å²) in [7, 11) is 0. The first-order chi connectivity index (χ1) is 3.27. The van der Waals surface area contributed by atoms with Crippen molar-refractivity contribution in [2.45, 2.75) is 11.6 Å². The van der Waals surface area contributed by atoms with E-state index >= 15 is 0 Å². The molecule has 0 fully saturated rings. The number of alkyl halides is 1. The molecule has 7 heavy (non-hydrogen) atoms. The molecule has 0 heterocycles. The van der Waals surface area contributed by atoms with Crippen LogP contribution in [-0.2, 0) is 5.11 Å². The molecule has 0 N–H and O–H groups in total. The molecule has 3 heteroatoms. The summed E-state index contributed by atoms with van der Waals surface area (Å²) in [6.45, 7) is 1.84. The molecule has 0 aliphatic heterocycles. The van der Waals surface area contributed by atoms with Crippen molar-refractivity contribution < 1.29 is 5.11 Å². The molecule has 1 nitrogen and oxygen atoms in total. The summed E-state index contributed by atoms with van der Waals surface area (Å²) in [6, 6.07) is 0. The van der Waals surface area contributed by atoms with Crippen LogP contribution in [0.25, 0.3) is 0 Å². The van der Waals surface area contributed by atoms with Gasteiger partial charge in [0, 0.05) is 5.75 Å². The molecule has 0 aliphatic carbocycles. The Kier molecular flexibility index (Phi) is 5.16. The third kappa shape index (κ3) is 6.60. The summed E-state index contributed by atoms with van der Waals surface area (Å²) in [5, 5.41) is 9.75. The van der Waals surface area contributed by atoms with Crippen molar-refractivity contribution in [2.24, 2.45) is 0 Å². The van der Waals surface area contributed by atoms with Crippen LogP contribution in [0.1, 0.15) is 6.92 Å². The Bertz CT molecular complexity index is 40.7. The van der Waals surface area contributed by atoms with Gasteiger partial charge in [0.1, 0.15) is 0 Å². The summed E-state index contributed by atoms with van der Waals surface area (Å²) in [4.78, 5) is 0. The smallest absolute Gasteiger partial charge is 0.0913 e. The van der Waals surface area contributed by atoms with Crippen LogP contribution < -0.4 is 0 Å². The van der Waals surface area contributed by atoms with Gasteiger partial charge in [0.25, 0.3) is 0 Å². The second kappa shape index (κ2) is 4.75. The van der Waals surface area contributed by atoms with Crippen molar-refractivity contribution in [3.8, 4) is 0 Å². The lowest BCUT2D eigenvalue weighted by Gasteiger charge is -1.95. The highest BCUT2D eigenvalue weighted by molar-refractivity contribution is 8.01. The largest absolute Gasteiger partial charge is 0.236 e. The van der Waals surface area contributed by atoms with Gasteiger partial charge in [0.05, 0.1) is 11.3 Å². The van der Waals surface area contributed by atoms with E-state index in [1.807, 2.05) is 6.92 Å². The van der Waals surface area contributed by atoms with E-state index in [0.717, 1.165) is 0 Å². The molecule has 0 saturated heterocycles. The van der Waals surface area contributed by atoms with Crippen LogP contribution in [0.5, 0.6) is 0 Å². The predicted octanol–water partition coefficient (Wildman–Crippen LogP) is 1.73. The van der Waals surface area contributed by atoms with E-state index in [4.69, 9.17) is 11.6 Å². The SMILES string of the molecule is CC(Cl)SCC[O]. The van der Waals surface area contributed by atoms with Gasteiger partial charge in [-0.3, -0.25) is 0 Å². The summed E-state index contributed by atoms with van der Waals surface area (Å²) >= 11 is 6.96. The van der Waals surface area contributed by atoms with Crippen LogP contribution in [0.3, 0.4) is 0 Å². The highest BCUT2D eigenvalue weighted by atomic mass is 35.5. The Labute approximate surface area is 53.1 Å². The van der Waals surface area contributed by atoms with Crippen LogP contribution in [0.4, 0.5) is 0 Å². The molecule has 0 aromatic rings. The topological polar surface area (TPSA) is 19.9 Å². The lowest BCUT2D eigenvalue weighted by molar-refractivity contribution is 0.215. The van der Waals surface area contributed by atoms with E-state index in [1.165, 1.54) is 11.8 Å². The molecule has 1 radical (unpaired) electrons. The second-order valence-electron chi connectivity index (χ2n) is 1.12. The maximum atomic E-state index is 9.75. The summed E-state index contributed by atoms with van der Waals surface area (Å²) in [5.41, 5.74) is 0. The number of hydrogen-bond donors (Lipinski definition) is 0. The fraction of sp³-hybridized carbons (Fsp3) is 1.00. The van der Waals surface area contributed by atoms with Crippen LogP contribution in [0.2, 0.25) is 0 Å². The lowest BCUT2D eigenvalue weighted by Crippen LogP contribution is -1.88. The molecule has 1 unspecified atom stereocenters. The second-order valence-corrected chi connectivity index (χ2v) is 3.48. The fourth-order valence-corrected chi connectivity index (χ4v) is 0.899. The molecule has 0 rings (SSSR count). The van der Waals surface area contributed by atoms with E-state index in [0.29, 0.717) is 5.75 Å². The number of hydrogen-bond acceptors (Lipinski definition) is 1. The first-order valence-corrected chi connectivity index (χ1v) is 3.59. The van der Waals surface area contributed by atoms with E-state index < -0.39 is 0 Å². The molecular weight excluding hydrogens is 132 g/mol. The standard InChI is InChI=1S/C4H8ClOS/c1-4(5)7-3-2-6/h4H,2-3H2,1H3. The van der Waals surface area contributed by atoms with Gasteiger partial charge in [-0.2, -0.15) is 0 Å². The normalized spacial score (nSPS) is 14.1. The maximum absolute atomic E-state index is 9.75. The summed E-state index contributed by atoms with van der Waals surface area (Å²) in [5.74, 6) is 0.630. The number of thioether (sulfide) groups is 1. The maximum Gasteiger partial charge on any atom is 0.0913 e. The lowest BCUT2D eigenvalue weighted by atomic mass is 10.9. The van der Waals surface area contributed by atoms with Gasteiger partial charge in [0.15, 0.2) is 0 Å². The van der Waals surface area contributed by atoms with Gasteiger partial charge in [-0.25, -0.2) is 5.11 Å². The van der Waals surface area contributed by atoms with Gasteiger partial charge in [-0.1, -0.05) is 0 Å². The van der Waals surface area contributed by atoms with Crippen molar-refractivity contribution in [1.29, 1.82) is 0 Å². The minimum absolute atomic E-state index is 0.0261. The zero-order valence-electron chi connectivity index (χ0n) is 4.19. The highest BCUT2D eigenvalue weighted by Crippen LogP contribution is 2.12. The molecule has 1 atom stereocenters. The summed E-state index contributed by atoms with van der Waals surface area (Å²) < 4.78 is 0.0916. The van der Waals surface area contributed by atoms with E-state index in [1.54, 1.807) is 0 Å². The van der Waals surface area contributed by atoms with Crippen molar-refractivity contribution in [1.82, 2.24) is 0 Å². The zero-order valence-corrected chi connectivity index (χ0v) is 5.76. The molecule has 0 amide bonds. The molecule has 0 aliphatic rings. The Balaban J connectivity index is 2.68. The van der Waals surface area contributed by atoms with Crippen molar-refractivity contribution >= 4 is 23.4 Å². The van der Waals surface area contributed by atoms with Crippen molar-refractivity contribution in [2.75, 3.05) is 12.4 Å². The summed E-state index contributed by atoms with van der Waals surface area (Å²) in [6.07, 6.45) is 0. The van der Waals surface area contributed by atoms with E-state index in [9.17, 15) is 5.11 Å². The minimum atomic E-state index is -0.0261. The third-order valence-electron chi connectivity index (χ3n) is 0.431. The molecule has 0 spiro atoms. The average Bonchev–Trinajstić information content (AvgIpc) is 1.61. The van der Waals surface area contributed by atoms with Gasteiger partial charge < -0.3 is 0 Å².